The van der Waals surface area contributed by atoms with E-state index in [0.29, 0.717) is 0 Å². The zero-order valence-corrected chi connectivity index (χ0v) is 14.2. The molecule has 120 valence electrons. The molecule has 0 saturated carbocycles. The van der Waals surface area contributed by atoms with Crippen LogP contribution in [0.4, 0.5) is 5.69 Å². The van der Waals surface area contributed by atoms with Crippen LogP contribution in [0.15, 0.2) is 42.5 Å². The lowest BCUT2D eigenvalue weighted by Gasteiger charge is -2.37. The lowest BCUT2D eigenvalue weighted by atomic mass is 10.1. The number of carbonyl (C=O) groups excluding carboxylic acids is 1. The van der Waals surface area contributed by atoms with Crippen molar-refractivity contribution in [3.63, 3.8) is 0 Å². The number of piperazine rings is 1. The molecule has 0 N–H and O–H groups in total. The number of amides is 1. The van der Waals surface area contributed by atoms with Gasteiger partial charge in [-0.25, -0.2) is 0 Å². The van der Waals surface area contributed by atoms with Crippen LogP contribution in [0.1, 0.15) is 27.0 Å². The summed E-state index contributed by atoms with van der Waals surface area (Å²) in [5.74, 6) is 0.144. The number of carbonyl (C=O) groups is 1. The monoisotopic (exact) mass is 308 g/mol. The van der Waals surface area contributed by atoms with Gasteiger partial charge in [0.05, 0.1) is 0 Å². The van der Waals surface area contributed by atoms with Crippen LogP contribution in [0.3, 0.4) is 0 Å². The maximum absolute atomic E-state index is 12.6. The minimum absolute atomic E-state index is 0.144. The Kier molecular flexibility index (Phi) is 4.37. The van der Waals surface area contributed by atoms with Crippen LogP contribution in [0.5, 0.6) is 0 Å². The molecule has 1 aliphatic rings. The highest BCUT2D eigenvalue weighted by Gasteiger charge is 2.22. The van der Waals surface area contributed by atoms with Crippen molar-refractivity contribution >= 4 is 11.6 Å². The van der Waals surface area contributed by atoms with Crippen LogP contribution in [0.2, 0.25) is 0 Å². The molecule has 0 atom stereocenters. The van der Waals surface area contributed by atoms with Crippen LogP contribution in [0, 0.1) is 20.8 Å². The van der Waals surface area contributed by atoms with E-state index >= 15 is 0 Å². The lowest BCUT2D eigenvalue weighted by Crippen LogP contribution is -2.49. The third-order valence-corrected chi connectivity index (χ3v) is 4.57. The van der Waals surface area contributed by atoms with Crippen molar-refractivity contribution in [2.75, 3.05) is 31.1 Å². The molecule has 0 spiro atoms. The summed E-state index contributed by atoms with van der Waals surface area (Å²) < 4.78 is 0. The van der Waals surface area contributed by atoms with E-state index in [2.05, 4.69) is 36.9 Å². The van der Waals surface area contributed by atoms with Crippen LogP contribution in [0.25, 0.3) is 0 Å². The van der Waals surface area contributed by atoms with E-state index in [1.807, 2.05) is 36.1 Å². The van der Waals surface area contributed by atoms with Crippen LogP contribution in [-0.4, -0.2) is 37.0 Å². The Morgan fingerprint density at radius 3 is 2.09 bits per heavy atom. The zero-order chi connectivity index (χ0) is 16.4. The molecular weight excluding hydrogens is 284 g/mol. The third kappa shape index (κ3) is 3.39. The van der Waals surface area contributed by atoms with E-state index < -0.39 is 0 Å². The van der Waals surface area contributed by atoms with Crippen LogP contribution >= 0.6 is 0 Å². The molecule has 1 fully saturated rings. The first-order valence-corrected chi connectivity index (χ1v) is 8.23. The van der Waals surface area contributed by atoms with Gasteiger partial charge in [0.25, 0.3) is 5.91 Å². The molecular formula is C20H24N2O. The Morgan fingerprint density at radius 1 is 0.826 bits per heavy atom. The first-order chi connectivity index (χ1) is 11.0. The van der Waals surface area contributed by atoms with Crippen molar-refractivity contribution in [3.8, 4) is 0 Å². The van der Waals surface area contributed by atoms with Crippen molar-refractivity contribution in [1.82, 2.24) is 4.90 Å². The molecule has 0 radical (unpaired) electrons. The highest BCUT2D eigenvalue weighted by molar-refractivity contribution is 5.94. The van der Waals surface area contributed by atoms with Crippen molar-refractivity contribution in [1.29, 1.82) is 0 Å². The highest BCUT2D eigenvalue weighted by atomic mass is 16.2. The molecule has 0 unspecified atom stereocenters. The molecule has 3 nitrogen and oxygen atoms in total. The fourth-order valence-electron chi connectivity index (χ4n) is 3.09. The van der Waals surface area contributed by atoms with E-state index in [4.69, 9.17) is 0 Å². The third-order valence-electron chi connectivity index (χ3n) is 4.57. The predicted molar refractivity (Wildman–Crippen MR) is 95.2 cm³/mol. The summed E-state index contributed by atoms with van der Waals surface area (Å²) in [5.41, 5.74) is 5.85. The SMILES string of the molecule is Cc1ccc(C(=O)N2CCN(c3cc(C)ccc3C)CC2)cc1. The van der Waals surface area contributed by atoms with Gasteiger partial charge in [-0.2, -0.15) is 0 Å². The number of benzene rings is 2. The second kappa shape index (κ2) is 6.45. The minimum atomic E-state index is 0.144. The average molecular weight is 308 g/mol. The van der Waals surface area contributed by atoms with Gasteiger partial charge in [-0.1, -0.05) is 29.8 Å². The predicted octanol–water partition coefficient (Wildman–Crippen LogP) is 3.57. The molecule has 1 heterocycles. The quantitative estimate of drug-likeness (QED) is 0.846. The molecule has 0 aliphatic carbocycles. The van der Waals surface area contributed by atoms with Gasteiger partial charge in [0.15, 0.2) is 0 Å². The maximum atomic E-state index is 12.6. The average Bonchev–Trinajstić information content (AvgIpc) is 2.57. The number of anilines is 1. The fourth-order valence-corrected chi connectivity index (χ4v) is 3.09. The Labute approximate surface area is 138 Å². The Hall–Kier alpha value is -2.29. The van der Waals surface area contributed by atoms with Gasteiger partial charge in [0, 0.05) is 37.4 Å². The van der Waals surface area contributed by atoms with Crippen LogP contribution < -0.4 is 4.90 Å². The van der Waals surface area contributed by atoms with E-state index in [1.54, 1.807) is 0 Å². The zero-order valence-electron chi connectivity index (χ0n) is 14.2. The second-order valence-electron chi connectivity index (χ2n) is 6.44. The van der Waals surface area contributed by atoms with Gasteiger partial charge in [-0.3, -0.25) is 4.79 Å². The van der Waals surface area contributed by atoms with E-state index in [-0.39, 0.29) is 5.91 Å². The van der Waals surface area contributed by atoms with Gasteiger partial charge in [0.1, 0.15) is 0 Å². The molecule has 0 aromatic heterocycles. The summed E-state index contributed by atoms with van der Waals surface area (Å²) in [4.78, 5) is 16.9. The van der Waals surface area contributed by atoms with Gasteiger partial charge >= 0.3 is 0 Å². The molecule has 1 amide bonds. The van der Waals surface area contributed by atoms with Gasteiger partial charge < -0.3 is 9.80 Å². The summed E-state index contributed by atoms with van der Waals surface area (Å²) in [6, 6.07) is 14.4. The number of rotatable bonds is 2. The Bertz CT molecular complexity index is 698. The molecule has 2 aromatic carbocycles. The number of hydrogen-bond acceptors (Lipinski definition) is 2. The van der Waals surface area contributed by atoms with E-state index in [1.165, 1.54) is 22.4 Å². The lowest BCUT2D eigenvalue weighted by molar-refractivity contribution is 0.0747. The van der Waals surface area contributed by atoms with Gasteiger partial charge in [-0.05, 0) is 50.1 Å². The summed E-state index contributed by atoms with van der Waals surface area (Å²) in [6.45, 7) is 9.65. The maximum Gasteiger partial charge on any atom is 0.253 e. The standard InChI is InChI=1S/C20H24N2O/c1-15-5-8-18(9-6-15)20(23)22-12-10-21(11-13-22)19-14-16(2)4-7-17(19)3/h4-9,14H,10-13H2,1-3H3. The summed E-state index contributed by atoms with van der Waals surface area (Å²) in [5, 5.41) is 0. The molecule has 2 aromatic rings. The number of hydrogen-bond donors (Lipinski definition) is 0. The van der Waals surface area contributed by atoms with Crippen molar-refractivity contribution in [2.24, 2.45) is 0 Å². The first kappa shape index (κ1) is 15.6. The summed E-state index contributed by atoms with van der Waals surface area (Å²) >= 11 is 0. The molecule has 23 heavy (non-hydrogen) atoms. The fraction of sp³-hybridized carbons (Fsp3) is 0.350. The molecule has 1 saturated heterocycles. The topological polar surface area (TPSA) is 23.6 Å². The second-order valence-corrected chi connectivity index (χ2v) is 6.44. The van der Waals surface area contributed by atoms with Gasteiger partial charge in [-0.15, -0.1) is 0 Å². The largest absolute Gasteiger partial charge is 0.368 e. The van der Waals surface area contributed by atoms with Crippen molar-refractivity contribution < 1.29 is 4.79 Å². The molecule has 1 aliphatic heterocycles. The first-order valence-electron chi connectivity index (χ1n) is 8.23. The van der Waals surface area contributed by atoms with Crippen LogP contribution in [-0.2, 0) is 0 Å². The molecule has 3 rings (SSSR count). The van der Waals surface area contributed by atoms with Crippen molar-refractivity contribution in [2.45, 2.75) is 20.8 Å². The van der Waals surface area contributed by atoms with Gasteiger partial charge in [0.2, 0.25) is 0 Å². The number of aryl methyl sites for hydroxylation is 3. The highest BCUT2D eigenvalue weighted by Crippen LogP contribution is 2.23. The smallest absolute Gasteiger partial charge is 0.253 e. The Morgan fingerprint density at radius 2 is 1.43 bits per heavy atom. The number of nitrogens with zero attached hydrogens (tertiary/aromatic N) is 2. The normalized spacial score (nSPS) is 14.9. The van der Waals surface area contributed by atoms with E-state index in [0.717, 1.165) is 31.7 Å². The molecule has 0 bridgehead atoms. The Balaban J connectivity index is 1.67. The van der Waals surface area contributed by atoms with Crippen molar-refractivity contribution in [3.05, 3.63) is 64.7 Å². The summed E-state index contributed by atoms with van der Waals surface area (Å²) in [6.07, 6.45) is 0. The molecule has 3 heteroatoms. The summed E-state index contributed by atoms with van der Waals surface area (Å²) in [7, 11) is 0. The van der Waals surface area contributed by atoms with E-state index in [9.17, 15) is 4.79 Å². The minimum Gasteiger partial charge on any atom is -0.368 e.